The molecule has 1 aliphatic carbocycles. The summed E-state index contributed by atoms with van der Waals surface area (Å²) in [6, 6.07) is 0. The Morgan fingerprint density at radius 2 is 2.04 bits per heavy atom. The number of aryl methyl sites for hydroxylation is 1. The molecule has 23 heavy (non-hydrogen) atoms. The smallest absolute Gasteiger partial charge is 0.255 e. The molecule has 1 spiro atoms. The van der Waals surface area contributed by atoms with E-state index < -0.39 is 6.17 Å². The third kappa shape index (κ3) is 2.75. The number of likely N-dealkylation sites (tertiary alicyclic amines) is 1. The van der Waals surface area contributed by atoms with Crippen LogP contribution in [0, 0.1) is 12.8 Å². The van der Waals surface area contributed by atoms with Crippen molar-refractivity contribution < 1.29 is 18.4 Å². The van der Waals surface area contributed by atoms with Gasteiger partial charge in [0.25, 0.3) is 5.89 Å². The van der Waals surface area contributed by atoms with Crippen molar-refractivity contribution in [3.63, 3.8) is 0 Å². The predicted molar refractivity (Wildman–Crippen MR) is 78.3 cm³/mol. The molecule has 3 aliphatic rings. The molecule has 1 atom stereocenters. The Morgan fingerprint density at radius 1 is 1.30 bits per heavy atom. The van der Waals surface area contributed by atoms with E-state index in [0.29, 0.717) is 37.6 Å². The molecule has 4 rings (SSSR count). The van der Waals surface area contributed by atoms with E-state index in [2.05, 4.69) is 10.1 Å². The molecule has 6 nitrogen and oxygen atoms in total. The number of hydrogen-bond acceptors (Lipinski definition) is 5. The van der Waals surface area contributed by atoms with Gasteiger partial charge in [0.05, 0.1) is 5.60 Å². The Hall–Kier alpha value is -1.50. The van der Waals surface area contributed by atoms with Crippen molar-refractivity contribution in [1.29, 1.82) is 0 Å². The fourth-order valence-corrected chi connectivity index (χ4v) is 3.94. The minimum absolute atomic E-state index is 0.0994. The van der Waals surface area contributed by atoms with Crippen LogP contribution in [0.2, 0.25) is 0 Å². The normalized spacial score (nSPS) is 33.0. The lowest BCUT2D eigenvalue weighted by molar-refractivity contribution is -0.147. The molecule has 1 amide bonds. The molecule has 3 heterocycles. The summed E-state index contributed by atoms with van der Waals surface area (Å²) in [6.45, 7) is 3.19. The third-order valence-corrected chi connectivity index (χ3v) is 5.49. The standard InChI is InChI=1S/C16H22FN3O3/c1-10-18-14(23-19-10)13-2-3-16(22-13)4-6-20(7-5-16)15(21)11-8-12(17)9-11/h11-13H,2-9H2,1H3/t11?,12?,13-/m0/s1. The van der Waals surface area contributed by atoms with Gasteiger partial charge in [0.1, 0.15) is 12.3 Å². The number of alkyl halides is 1. The third-order valence-electron chi connectivity index (χ3n) is 5.49. The lowest BCUT2D eigenvalue weighted by Gasteiger charge is -2.41. The summed E-state index contributed by atoms with van der Waals surface area (Å²) >= 11 is 0. The van der Waals surface area contributed by atoms with Gasteiger partial charge in [0.2, 0.25) is 5.91 Å². The van der Waals surface area contributed by atoms with E-state index >= 15 is 0 Å². The van der Waals surface area contributed by atoms with Gasteiger partial charge in [-0.3, -0.25) is 4.79 Å². The fraction of sp³-hybridized carbons (Fsp3) is 0.812. The van der Waals surface area contributed by atoms with Gasteiger partial charge in [-0.05, 0) is 45.4 Å². The van der Waals surface area contributed by atoms with Crippen LogP contribution >= 0.6 is 0 Å². The monoisotopic (exact) mass is 323 g/mol. The molecule has 0 aromatic carbocycles. The molecule has 2 aliphatic heterocycles. The van der Waals surface area contributed by atoms with E-state index in [1.54, 1.807) is 6.92 Å². The Morgan fingerprint density at radius 3 is 2.65 bits per heavy atom. The Kier molecular flexibility index (Phi) is 3.63. The van der Waals surface area contributed by atoms with Crippen molar-refractivity contribution in [3.05, 3.63) is 11.7 Å². The minimum atomic E-state index is -0.781. The van der Waals surface area contributed by atoms with Gasteiger partial charge >= 0.3 is 0 Å². The number of piperidine rings is 1. The lowest BCUT2D eigenvalue weighted by Crippen LogP contribution is -2.50. The summed E-state index contributed by atoms with van der Waals surface area (Å²) in [5, 5.41) is 3.82. The van der Waals surface area contributed by atoms with Gasteiger partial charge < -0.3 is 14.2 Å². The van der Waals surface area contributed by atoms with Crippen molar-refractivity contribution in [1.82, 2.24) is 15.0 Å². The highest BCUT2D eigenvalue weighted by Gasteiger charge is 2.46. The van der Waals surface area contributed by atoms with E-state index in [9.17, 15) is 9.18 Å². The summed E-state index contributed by atoms with van der Waals surface area (Å²) < 4.78 is 24.4. The van der Waals surface area contributed by atoms with Gasteiger partial charge in [0.15, 0.2) is 5.82 Å². The van der Waals surface area contributed by atoms with Gasteiger partial charge in [-0.2, -0.15) is 4.98 Å². The maximum atomic E-state index is 12.9. The highest BCUT2D eigenvalue weighted by Crippen LogP contribution is 2.45. The quantitative estimate of drug-likeness (QED) is 0.835. The first kappa shape index (κ1) is 15.1. The Labute approximate surface area is 134 Å². The van der Waals surface area contributed by atoms with Gasteiger partial charge in [-0.1, -0.05) is 5.16 Å². The maximum absolute atomic E-state index is 12.9. The maximum Gasteiger partial charge on any atom is 0.255 e. The van der Waals surface area contributed by atoms with Crippen molar-refractivity contribution in [2.24, 2.45) is 5.92 Å². The molecule has 1 aromatic heterocycles. The molecule has 0 unspecified atom stereocenters. The van der Waals surface area contributed by atoms with Gasteiger partial charge in [0, 0.05) is 19.0 Å². The van der Waals surface area contributed by atoms with E-state index in [4.69, 9.17) is 9.26 Å². The summed E-state index contributed by atoms with van der Waals surface area (Å²) in [7, 11) is 0. The number of aromatic nitrogens is 2. The highest BCUT2D eigenvalue weighted by atomic mass is 19.1. The molecule has 126 valence electrons. The molecular weight excluding hydrogens is 301 g/mol. The van der Waals surface area contributed by atoms with Crippen LogP contribution in [0.15, 0.2) is 4.52 Å². The number of halogens is 1. The predicted octanol–water partition coefficient (Wildman–Crippen LogP) is 2.34. The summed E-state index contributed by atoms with van der Waals surface area (Å²) in [4.78, 5) is 18.4. The Balaban J connectivity index is 1.33. The summed E-state index contributed by atoms with van der Waals surface area (Å²) in [6.07, 6.45) is 3.38. The summed E-state index contributed by atoms with van der Waals surface area (Å²) in [5.41, 5.74) is -0.175. The topological polar surface area (TPSA) is 68.5 Å². The number of ether oxygens (including phenoxy) is 1. The molecule has 1 aromatic rings. The number of rotatable bonds is 2. The molecular formula is C16H22FN3O3. The van der Waals surface area contributed by atoms with Gasteiger partial charge in [-0.25, -0.2) is 4.39 Å². The van der Waals surface area contributed by atoms with E-state index in [1.807, 2.05) is 4.90 Å². The molecule has 2 saturated heterocycles. The number of hydrogen-bond donors (Lipinski definition) is 0. The zero-order valence-electron chi connectivity index (χ0n) is 13.3. The highest BCUT2D eigenvalue weighted by molar-refractivity contribution is 5.80. The van der Waals surface area contributed by atoms with Crippen LogP contribution in [0.3, 0.4) is 0 Å². The van der Waals surface area contributed by atoms with Gasteiger partial charge in [-0.15, -0.1) is 0 Å². The van der Waals surface area contributed by atoms with Crippen LogP contribution in [0.5, 0.6) is 0 Å². The average Bonchev–Trinajstić information content (AvgIpc) is 3.11. The van der Waals surface area contributed by atoms with E-state index in [0.717, 1.165) is 25.7 Å². The molecule has 3 fully saturated rings. The van der Waals surface area contributed by atoms with Crippen LogP contribution < -0.4 is 0 Å². The number of nitrogens with zero attached hydrogens (tertiary/aromatic N) is 3. The van der Waals surface area contributed by atoms with Crippen LogP contribution in [-0.4, -0.2) is 45.8 Å². The zero-order chi connectivity index (χ0) is 16.0. The zero-order valence-corrected chi connectivity index (χ0v) is 13.3. The Bertz CT molecular complexity index is 591. The first-order chi connectivity index (χ1) is 11.0. The fourth-order valence-electron chi connectivity index (χ4n) is 3.94. The largest absolute Gasteiger partial charge is 0.362 e. The molecule has 0 bridgehead atoms. The lowest BCUT2D eigenvalue weighted by atomic mass is 9.81. The van der Waals surface area contributed by atoms with Crippen LogP contribution in [0.4, 0.5) is 4.39 Å². The van der Waals surface area contributed by atoms with Crippen molar-refractivity contribution in [3.8, 4) is 0 Å². The first-order valence-corrected chi connectivity index (χ1v) is 8.46. The summed E-state index contributed by atoms with van der Waals surface area (Å²) in [5.74, 6) is 1.20. The number of amides is 1. The molecule has 1 saturated carbocycles. The van der Waals surface area contributed by atoms with E-state index in [-0.39, 0.29) is 23.5 Å². The number of carbonyl (C=O) groups is 1. The average molecular weight is 323 g/mol. The van der Waals surface area contributed by atoms with Crippen molar-refractivity contribution >= 4 is 5.91 Å². The van der Waals surface area contributed by atoms with E-state index in [1.165, 1.54) is 0 Å². The molecule has 0 N–H and O–H groups in total. The van der Waals surface area contributed by atoms with Crippen molar-refractivity contribution in [2.75, 3.05) is 13.1 Å². The first-order valence-electron chi connectivity index (χ1n) is 8.46. The number of carbonyl (C=O) groups excluding carboxylic acids is 1. The van der Waals surface area contributed by atoms with Crippen LogP contribution in [0.1, 0.15) is 56.3 Å². The van der Waals surface area contributed by atoms with Crippen LogP contribution in [0.25, 0.3) is 0 Å². The molecule has 0 radical (unpaired) electrons. The second kappa shape index (κ2) is 5.54. The second-order valence-electron chi connectivity index (χ2n) is 7.10. The molecule has 7 heteroatoms. The van der Waals surface area contributed by atoms with Crippen LogP contribution in [-0.2, 0) is 9.53 Å². The second-order valence-corrected chi connectivity index (χ2v) is 7.10. The van der Waals surface area contributed by atoms with Crippen molar-refractivity contribution in [2.45, 2.75) is 63.3 Å². The minimum Gasteiger partial charge on any atom is -0.362 e. The SMILES string of the molecule is Cc1noc([C@@H]2CCC3(CCN(C(=O)C4CC(F)C4)CC3)O2)n1.